The molecule has 2 nitrogen and oxygen atoms in total. The molecule has 0 aliphatic heterocycles. The number of amides is 1. The van der Waals surface area contributed by atoms with Crippen LogP contribution in [-0.4, -0.2) is 11.2 Å². The number of benzene rings is 2. The third-order valence-corrected chi connectivity index (χ3v) is 4.54. The van der Waals surface area contributed by atoms with Crippen molar-refractivity contribution >= 4 is 23.4 Å². The number of anilines is 1. The van der Waals surface area contributed by atoms with Gasteiger partial charge in [0.1, 0.15) is 11.6 Å². The molecule has 2 aromatic rings. The van der Waals surface area contributed by atoms with E-state index in [0.717, 1.165) is 23.8 Å². The number of hydrogen-bond donors (Lipinski definition) is 1. The number of hydrogen-bond acceptors (Lipinski definition) is 2. The van der Waals surface area contributed by atoms with E-state index in [-0.39, 0.29) is 16.8 Å². The second-order valence-electron chi connectivity index (χ2n) is 4.94. The zero-order valence-electron chi connectivity index (χ0n) is 12.3. The summed E-state index contributed by atoms with van der Waals surface area (Å²) < 4.78 is 26.6. The van der Waals surface area contributed by atoms with Gasteiger partial charge in [-0.05, 0) is 31.5 Å². The summed E-state index contributed by atoms with van der Waals surface area (Å²) in [7, 11) is 0. The van der Waals surface area contributed by atoms with Crippen LogP contribution in [-0.2, 0) is 4.79 Å². The maximum absolute atomic E-state index is 13.5. The normalized spacial score (nSPS) is 13.5. The van der Waals surface area contributed by atoms with E-state index in [1.807, 2.05) is 37.3 Å². The van der Waals surface area contributed by atoms with Gasteiger partial charge in [0, 0.05) is 11.3 Å². The summed E-state index contributed by atoms with van der Waals surface area (Å²) in [5, 5.41) is 2.17. The lowest BCUT2D eigenvalue weighted by Crippen LogP contribution is -2.23. The highest BCUT2D eigenvalue weighted by Gasteiger charge is 2.19. The third-order valence-electron chi connectivity index (χ3n) is 3.23. The molecule has 2 unspecified atom stereocenters. The molecule has 0 heterocycles. The molecular formula is C17H17F2NOS. The smallest absolute Gasteiger partial charge is 0.237 e. The van der Waals surface area contributed by atoms with Gasteiger partial charge >= 0.3 is 0 Å². The summed E-state index contributed by atoms with van der Waals surface area (Å²) in [4.78, 5) is 12.1. The van der Waals surface area contributed by atoms with Crippen LogP contribution in [0.15, 0.2) is 48.5 Å². The molecule has 0 saturated carbocycles. The third kappa shape index (κ3) is 4.31. The predicted octanol–water partition coefficient (Wildman–Crippen LogP) is 4.79. The summed E-state index contributed by atoms with van der Waals surface area (Å²) in [6, 6.07) is 12.8. The van der Waals surface area contributed by atoms with Gasteiger partial charge in [-0.1, -0.05) is 30.3 Å². The average Bonchev–Trinajstić information content (AvgIpc) is 2.51. The van der Waals surface area contributed by atoms with Crippen molar-refractivity contribution in [1.29, 1.82) is 0 Å². The van der Waals surface area contributed by atoms with Gasteiger partial charge in [0.2, 0.25) is 5.91 Å². The largest absolute Gasteiger partial charge is 0.323 e. The molecule has 0 aliphatic carbocycles. The molecule has 0 fully saturated rings. The number of halogens is 2. The molecule has 2 atom stereocenters. The topological polar surface area (TPSA) is 29.1 Å². The number of nitrogens with one attached hydrogen (secondary N) is 1. The Morgan fingerprint density at radius 1 is 1.09 bits per heavy atom. The Labute approximate surface area is 132 Å². The van der Waals surface area contributed by atoms with Crippen LogP contribution >= 0.6 is 11.8 Å². The van der Waals surface area contributed by atoms with Crippen LogP contribution in [0.2, 0.25) is 0 Å². The first-order valence-electron chi connectivity index (χ1n) is 6.93. The minimum Gasteiger partial charge on any atom is -0.323 e. The Morgan fingerprint density at radius 2 is 1.77 bits per heavy atom. The molecule has 2 aromatic carbocycles. The molecule has 0 bridgehead atoms. The van der Waals surface area contributed by atoms with E-state index in [1.165, 1.54) is 11.8 Å². The standard InChI is InChI=1S/C17H17F2NOS/c1-11(13-6-4-3-5-7-13)22-12(2)17(21)20-16-10-14(18)8-9-15(16)19/h3-12H,1-2H3,(H,20,21). The molecule has 0 radical (unpaired) electrons. The monoisotopic (exact) mass is 321 g/mol. The van der Waals surface area contributed by atoms with Crippen LogP contribution in [0.25, 0.3) is 0 Å². The van der Waals surface area contributed by atoms with Crippen LogP contribution in [0.3, 0.4) is 0 Å². The van der Waals surface area contributed by atoms with Crippen LogP contribution in [0, 0.1) is 11.6 Å². The highest BCUT2D eigenvalue weighted by Crippen LogP contribution is 2.32. The summed E-state index contributed by atoms with van der Waals surface area (Å²) in [6.07, 6.45) is 0. The number of carbonyl (C=O) groups excluding carboxylic acids is 1. The molecule has 5 heteroatoms. The lowest BCUT2D eigenvalue weighted by Gasteiger charge is -2.17. The molecule has 2 rings (SSSR count). The fourth-order valence-corrected chi connectivity index (χ4v) is 3.11. The average molecular weight is 321 g/mol. The molecule has 1 N–H and O–H groups in total. The van der Waals surface area contributed by atoms with E-state index in [9.17, 15) is 13.6 Å². The van der Waals surface area contributed by atoms with Gasteiger partial charge in [0.15, 0.2) is 0 Å². The Balaban J connectivity index is 1.99. The lowest BCUT2D eigenvalue weighted by atomic mass is 10.2. The first-order valence-corrected chi connectivity index (χ1v) is 7.88. The van der Waals surface area contributed by atoms with Gasteiger partial charge in [-0.2, -0.15) is 0 Å². The summed E-state index contributed by atoms with van der Waals surface area (Å²) >= 11 is 1.46. The van der Waals surface area contributed by atoms with E-state index < -0.39 is 16.9 Å². The van der Waals surface area contributed by atoms with Crippen molar-refractivity contribution in [2.45, 2.75) is 24.3 Å². The zero-order chi connectivity index (χ0) is 16.1. The summed E-state index contributed by atoms with van der Waals surface area (Å²) in [5.41, 5.74) is 0.980. The Morgan fingerprint density at radius 3 is 2.45 bits per heavy atom. The minimum absolute atomic E-state index is 0.124. The molecule has 0 aliphatic rings. The Kier molecular flexibility index (Phi) is 5.55. The van der Waals surface area contributed by atoms with E-state index in [2.05, 4.69) is 5.32 Å². The fourth-order valence-electron chi connectivity index (χ4n) is 2.00. The first-order chi connectivity index (χ1) is 10.5. The van der Waals surface area contributed by atoms with E-state index >= 15 is 0 Å². The SMILES string of the molecule is CC(SC(C)c1ccccc1)C(=O)Nc1cc(F)ccc1F. The van der Waals surface area contributed by atoms with Gasteiger partial charge in [0.25, 0.3) is 0 Å². The van der Waals surface area contributed by atoms with Gasteiger partial charge in [-0.25, -0.2) is 8.78 Å². The van der Waals surface area contributed by atoms with Gasteiger partial charge in [0.05, 0.1) is 10.9 Å². The van der Waals surface area contributed by atoms with Crippen molar-refractivity contribution in [3.05, 3.63) is 65.7 Å². The van der Waals surface area contributed by atoms with Crippen molar-refractivity contribution in [1.82, 2.24) is 0 Å². The van der Waals surface area contributed by atoms with Crippen molar-refractivity contribution in [3.63, 3.8) is 0 Å². The minimum atomic E-state index is -0.650. The number of thioether (sulfide) groups is 1. The van der Waals surface area contributed by atoms with E-state index in [1.54, 1.807) is 6.92 Å². The number of rotatable bonds is 5. The highest BCUT2D eigenvalue weighted by molar-refractivity contribution is 8.00. The number of carbonyl (C=O) groups is 1. The fraction of sp³-hybridized carbons (Fsp3) is 0.235. The van der Waals surface area contributed by atoms with Crippen molar-refractivity contribution in [3.8, 4) is 0 Å². The Bertz CT molecular complexity index is 648. The molecular weight excluding hydrogens is 304 g/mol. The molecule has 116 valence electrons. The maximum Gasteiger partial charge on any atom is 0.237 e. The molecule has 1 amide bonds. The summed E-state index contributed by atoms with van der Waals surface area (Å²) in [6.45, 7) is 3.75. The first kappa shape index (κ1) is 16.5. The zero-order valence-corrected chi connectivity index (χ0v) is 13.2. The second kappa shape index (κ2) is 7.40. The van der Waals surface area contributed by atoms with Crippen LogP contribution in [0.1, 0.15) is 24.7 Å². The maximum atomic E-state index is 13.5. The van der Waals surface area contributed by atoms with Gasteiger partial charge in [-0.3, -0.25) is 4.79 Å². The van der Waals surface area contributed by atoms with Crippen LogP contribution in [0.4, 0.5) is 14.5 Å². The second-order valence-corrected chi connectivity index (χ2v) is 6.63. The van der Waals surface area contributed by atoms with E-state index in [4.69, 9.17) is 0 Å². The Hall–Kier alpha value is -1.88. The molecule has 0 spiro atoms. The van der Waals surface area contributed by atoms with Crippen molar-refractivity contribution in [2.75, 3.05) is 5.32 Å². The van der Waals surface area contributed by atoms with Crippen molar-refractivity contribution < 1.29 is 13.6 Å². The van der Waals surface area contributed by atoms with Crippen LogP contribution in [0.5, 0.6) is 0 Å². The predicted molar refractivity (Wildman–Crippen MR) is 86.9 cm³/mol. The quantitative estimate of drug-likeness (QED) is 0.858. The highest BCUT2D eigenvalue weighted by atomic mass is 32.2. The van der Waals surface area contributed by atoms with Crippen LogP contribution < -0.4 is 5.32 Å². The van der Waals surface area contributed by atoms with Gasteiger partial charge in [-0.15, -0.1) is 11.8 Å². The molecule has 0 aromatic heterocycles. The van der Waals surface area contributed by atoms with E-state index in [0.29, 0.717) is 0 Å². The summed E-state index contributed by atoms with van der Waals surface area (Å²) in [5.74, 6) is -1.59. The molecule has 0 saturated heterocycles. The van der Waals surface area contributed by atoms with Crippen molar-refractivity contribution in [2.24, 2.45) is 0 Å². The lowest BCUT2D eigenvalue weighted by molar-refractivity contribution is -0.115. The molecule has 22 heavy (non-hydrogen) atoms. The van der Waals surface area contributed by atoms with Gasteiger partial charge < -0.3 is 5.32 Å².